The Morgan fingerprint density at radius 3 is 1.43 bits per heavy atom. The summed E-state index contributed by atoms with van der Waals surface area (Å²) in [7, 11) is 0. The summed E-state index contributed by atoms with van der Waals surface area (Å²) < 4.78 is 37.4. The molecule has 0 bridgehead atoms. The molecule has 0 saturated carbocycles. The molecule has 0 N–H and O–H groups in total. The van der Waals surface area contributed by atoms with Crippen molar-refractivity contribution < 1.29 is 27.3 Å². The fraction of sp³-hybridized carbons (Fsp3) is 0.0769. The van der Waals surface area contributed by atoms with Gasteiger partial charge in [-0.1, -0.05) is 56.1 Å². The molecule has 0 spiro atoms. The first-order valence-electron chi connectivity index (χ1n) is 4.93. The van der Waals surface area contributed by atoms with Crippen LogP contribution in [0.25, 0.3) is 0 Å². The quantitative estimate of drug-likeness (QED) is 0.383. The molecule has 0 heterocycles. The smallest absolute Gasteiger partial charge is 0.416 e. The van der Waals surface area contributed by atoms with E-state index in [0.29, 0.717) is 4.47 Å². The molecule has 0 saturated heterocycles. The zero-order valence-corrected chi connectivity index (χ0v) is 13.4. The summed E-state index contributed by atoms with van der Waals surface area (Å²) in [4.78, 5) is 0. The maximum atomic E-state index is 11.9. The van der Waals surface area contributed by atoms with Gasteiger partial charge in [-0.15, -0.1) is 0 Å². The van der Waals surface area contributed by atoms with E-state index in [4.69, 9.17) is 0 Å². The van der Waals surface area contributed by atoms with Gasteiger partial charge in [0.25, 0.3) is 0 Å². The monoisotopic (exact) mass is 437 g/mol. The fourth-order valence-corrected chi connectivity index (χ4v) is 1.78. The predicted molar refractivity (Wildman–Crippen MR) is 73.3 cm³/mol. The van der Waals surface area contributed by atoms with Gasteiger partial charge in [0.2, 0.25) is 0 Å². The molecular formula is C13H9Br2F6-3. The molecule has 0 unspecified atom stereocenters. The Labute approximate surface area is 134 Å². The summed E-state index contributed by atoms with van der Waals surface area (Å²) in [6.45, 7) is 0. The molecule has 8 heteroatoms. The van der Waals surface area contributed by atoms with E-state index >= 15 is 0 Å². The van der Waals surface area contributed by atoms with E-state index in [1.165, 1.54) is 6.07 Å². The topological polar surface area (TPSA) is 0 Å². The van der Waals surface area contributed by atoms with E-state index in [0.717, 1.165) is 16.6 Å². The predicted octanol–water partition coefficient (Wildman–Crippen LogP) is -3.07. The van der Waals surface area contributed by atoms with Crippen LogP contribution < -0.4 is 14.1 Å². The van der Waals surface area contributed by atoms with E-state index in [-0.39, 0.29) is 14.1 Å². The van der Waals surface area contributed by atoms with Crippen molar-refractivity contribution >= 4 is 31.9 Å². The third kappa shape index (κ3) is 10.4. The molecule has 0 fully saturated rings. The Kier molecular flexibility index (Phi) is 13.8. The summed E-state index contributed by atoms with van der Waals surface area (Å²) in [5.74, 6) is 0. The number of hydrogen-bond acceptors (Lipinski definition) is 0. The van der Waals surface area contributed by atoms with Crippen molar-refractivity contribution in [1.29, 1.82) is 0 Å². The van der Waals surface area contributed by atoms with Crippen LogP contribution in [0.2, 0.25) is 0 Å². The van der Waals surface area contributed by atoms with Crippen molar-refractivity contribution in [2.24, 2.45) is 0 Å². The van der Waals surface area contributed by atoms with Gasteiger partial charge in [-0.3, -0.25) is 0 Å². The lowest BCUT2D eigenvalue weighted by atomic mass is 10.2. The van der Waals surface area contributed by atoms with Gasteiger partial charge in [-0.2, -0.15) is 13.2 Å². The van der Waals surface area contributed by atoms with E-state index in [2.05, 4.69) is 31.9 Å². The molecule has 0 aromatic heterocycles. The minimum absolute atomic E-state index is 0. The van der Waals surface area contributed by atoms with Crippen molar-refractivity contribution in [3.05, 3.63) is 69.1 Å². The van der Waals surface area contributed by atoms with Gasteiger partial charge in [0.15, 0.2) is 0 Å². The third-order valence-corrected chi connectivity index (χ3v) is 2.91. The average Bonchev–Trinajstić information content (AvgIpc) is 2.30. The second kappa shape index (κ2) is 11.6. The molecular weight excluding hydrogens is 430 g/mol. The summed E-state index contributed by atoms with van der Waals surface area (Å²) in [6, 6.07) is 15.0. The highest BCUT2D eigenvalue weighted by Gasteiger charge is 2.30. The summed E-state index contributed by atoms with van der Waals surface area (Å²) in [5, 5.41) is 0. The third-order valence-electron chi connectivity index (χ3n) is 1.89. The number of halogens is 8. The first-order valence-corrected chi connectivity index (χ1v) is 6.51. The van der Waals surface area contributed by atoms with Crippen LogP contribution in [0.5, 0.6) is 0 Å². The molecule has 0 aliphatic heterocycles. The minimum Gasteiger partial charge on any atom is -1.00 e. The van der Waals surface area contributed by atoms with Crippen molar-refractivity contribution in [2.45, 2.75) is 6.18 Å². The van der Waals surface area contributed by atoms with Crippen LogP contribution in [-0.4, -0.2) is 0 Å². The van der Waals surface area contributed by atoms with Crippen LogP contribution in [0.4, 0.5) is 13.2 Å². The van der Waals surface area contributed by atoms with Crippen molar-refractivity contribution in [2.75, 3.05) is 0 Å². The molecule has 2 aromatic rings. The van der Waals surface area contributed by atoms with Crippen LogP contribution in [0, 0.1) is 0 Å². The van der Waals surface area contributed by atoms with Crippen LogP contribution in [0.1, 0.15) is 5.56 Å². The lowest BCUT2D eigenvalue weighted by molar-refractivity contribution is -0.137. The second-order valence-corrected chi connectivity index (χ2v) is 5.14. The highest BCUT2D eigenvalue weighted by Crippen LogP contribution is 2.30. The molecule has 0 amide bonds. The van der Waals surface area contributed by atoms with E-state index in [1.807, 2.05) is 30.3 Å². The maximum absolute atomic E-state index is 11.9. The molecule has 0 radical (unpaired) electrons. The average molecular weight is 439 g/mol. The summed E-state index contributed by atoms with van der Waals surface area (Å²) >= 11 is 6.27. The Balaban J connectivity index is -0.000000288. The van der Waals surface area contributed by atoms with Crippen LogP contribution in [-0.2, 0) is 6.18 Å². The maximum Gasteiger partial charge on any atom is 0.416 e. The Bertz CT molecular complexity index is 488. The lowest BCUT2D eigenvalue weighted by Gasteiger charge is -2.05. The van der Waals surface area contributed by atoms with E-state index in [1.54, 1.807) is 6.07 Å². The molecule has 0 atom stereocenters. The van der Waals surface area contributed by atoms with Crippen LogP contribution >= 0.6 is 31.9 Å². The highest BCUT2D eigenvalue weighted by molar-refractivity contribution is 9.10. The standard InChI is InChI=1S/C7H4BrF3.C6H5Br.3FH/c8-6-3-1-2-5(4-6)7(9,10)11;7-6-4-2-1-3-5-6;;;/h1-4H;1-5H;3*1H/p-3. The molecule has 0 aliphatic rings. The van der Waals surface area contributed by atoms with E-state index < -0.39 is 11.7 Å². The summed E-state index contributed by atoms with van der Waals surface area (Å²) in [5.41, 5.74) is -0.633. The van der Waals surface area contributed by atoms with Gasteiger partial charge in [0.05, 0.1) is 5.56 Å². The van der Waals surface area contributed by atoms with E-state index in [9.17, 15) is 13.2 Å². The van der Waals surface area contributed by atoms with Crippen molar-refractivity contribution in [3.63, 3.8) is 0 Å². The zero-order chi connectivity index (χ0) is 13.6. The number of benzene rings is 2. The Morgan fingerprint density at radius 1 is 0.667 bits per heavy atom. The minimum atomic E-state index is -4.25. The Morgan fingerprint density at radius 2 is 1.14 bits per heavy atom. The van der Waals surface area contributed by atoms with Gasteiger partial charge in [0, 0.05) is 8.95 Å². The van der Waals surface area contributed by atoms with Gasteiger partial charge in [-0.25, -0.2) is 0 Å². The van der Waals surface area contributed by atoms with Gasteiger partial charge in [-0.05, 0) is 30.3 Å². The Hall–Kier alpha value is -1.02. The fourth-order valence-electron chi connectivity index (χ4n) is 1.08. The number of hydrogen-bond donors (Lipinski definition) is 0. The van der Waals surface area contributed by atoms with Crippen LogP contribution in [0.15, 0.2) is 63.5 Å². The molecule has 2 aromatic carbocycles. The lowest BCUT2D eigenvalue weighted by Crippen LogP contribution is -3.00. The van der Waals surface area contributed by atoms with Crippen molar-refractivity contribution in [3.8, 4) is 0 Å². The number of rotatable bonds is 0. The molecule has 21 heavy (non-hydrogen) atoms. The summed E-state index contributed by atoms with van der Waals surface area (Å²) in [6.07, 6.45) is -4.25. The number of alkyl halides is 3. The van der Waals surface area contributed by atoms with Crippen LogP contribution in [0.3, 0.4) is 0 Å². The van der Waals surface area contributed by atoms with Gasteiger partial charge >= 0.3 is 6.18 Å². The molecule has 0 aliphatic carbocycles. The molecule has 2 rings (SSSR count). The molecule has 120 valence electrons. The van der Waals surface area contributed by atoms with Crippen molar-refractivity contribution in [1.82, 2.24) is 0 Å². The first kappa shape index (κ1) is 25.0. The molecule has 0 nitrogen and oxygen atoms in total. The zero-order valence-electron chi connectivity index (χ0n) is 10.2. The SMILES string of the molecule is Brc1ccccc1.FC(F)(F)c1cccc(Br)c1.[F-].[F-].[F-]. The van der Waals surface area contributed by atoms with Gasteiger partial charge in [0.1, 0.15) is 0 Å². The largest absolute Gasteiger partial charge is 1.00 e. The second-order valence-electron chi connectivity index (χ2n) is 3.30. The normalized spacial score (nSPS) is 9.00. The first-order chi connectivity index (χ1) is 8.39. The van der Waals surface area contributed by atoms with Gasteiger partial charge < -0.3 is 14.1 Å². The highest BCUT2D eigenvalue weighted by atomic mass is 79.9.